The van der Waals surface area contributed by atoms with Gasteiger partial charge in [0.2, 0.25) is 11.8 Å². The van der Waals surface area contributed by atoms with Gasteiger partial charge in [0, 0.05) is 48.4 Å². The SMILES string of the molecule is Cc1ncc(CC(=O)NC2CCC(CCN3CCc4ccc(OC5CCC5)nc4CC3)CC2)s1. The Hall–Kier alpha value is -1.99. The number of pyridine rings is 1. The third kappa shape index (κ3) is 6.36. The lowest BCUT2D eigenvalue weighted by Gasteiger charge is -2.30. The van der Waals surface area contributed by atoms with E-state index in [1.807, 2.05) is 13.1 Å². The fourth-order valence-electron chi connectivity index (χ4n) is 5.44. The lowest BCUT2D eigenvalue weighted by atomic mass is 9.84. The molecule has 2 aromatic rings. The van der Waals surface area contributed by atoms with E-state index >= 15 is 0 Å². The molecule has 184 valence electrons. The van der Waals surface area contributed by atoms with Crippen molar-refractivity contribution in [2.45, 2.75) is 89.7 Å². The second kappa shape index (κ2) is 11.2. The fraction of sp³-hybridized carbons (Fsp3) is 0.667. The van der Waals surface area contributed by atoms with E-state index in [2.05, 4.69) is 27.3 Å². The van der Waals surface area contributed by atoms with Gasteiger partial charge in [0.1, 0.15) is 6.10 Å². The smallest absolute Gasteiger partial charge is 0.225 e. The molecule has 5 rings (SSSR count). The van der Waals surface area contributed by atoms with Gasteiger partial charge in [0.25, 0.3) is 0 Å². The van der Waals surface area contributed by atoms with Crippen molar-refractivity contribution in [3.05, 3.63) is 39.5 Å². The molecule has 3 heterocycles. The van der Waals surface area contributed by atoms with Crippen LogP contribution >= 0.6 is 11.3 Å². The van der Waals surface area contributed by atoms with Crippen molar-refractivity contribution in [1.82, 2.24) is 20.2 Å². The molecular weight excluding hydrogens is 444 g/mol. The average Bonchev–Trinajstić information content (AvgIpc) is 3.10. The number of aromatic nitrogens is 2. The second-order valence-corrected chi connectivity index (χ2v) is 11.7. The van der Waals surface area contributed by atoms with Crippen molar-refractivity contribution >= 4 is 17.2 Å². The largest absolute Gasteiger partial charge is 0.474 e. The van der Waals surface area contributed by atoms with Gasteiger partial charge >= 0.3 is 0 Å². The summed E-state index contributed by atoms with van der Waals surface area (Å²) in [5.74, 6) is 1.75. The minimum Gasteiger partial charge on any atom is -0.474 e. The first-order chi connectivity index (χ1) is 16.6. The molecule has 7 heteroatoms. The molecule has 0 atom stereocenters. The van der Waals surface area contributed by atoms with E-state index < -0.39 is 0 Å². The lowest BCUT2D eigenvalue weighted by Crippen LogP contribution is -2.38. The lowest BCUT2D eigenvalue weighted by molar-refractivity contribution is -0.121. The maximum Gasteiger partial charge on any atom is 0.225 e. The highest BCUT2D eigenvalue weighted by Crippen LogP contribution is 2.28. The predicted octanol–water partition coefficient (Wildman–Crippen LogP) is 4.49. The number of nitrogens with one attached hydrogen (secondary N) is 1. The zero-order chi connectivity index (χ0) is 23.3. The Kier molecular flexibility index (Phi) is 7.80. The van der Waals surface area contributed by atoms with Gasteiger partial charge < -0.3 is 15.0 Å². The third-order valence-corrected chi connectivity index (χ3v) is 8.73. The monoisotopic (exact) mass is 482 g/mol. The molecule has 2 aromatic heterocycles. The summed E-state index contributed by atoms with van der Waals surface area (Å²) in [5.41, 5.74) is 2.64. The van der Waals surface area contributed by atoms with Crippen molar-refractivity contribution in [1.29, 1.82) is 0 Å². The Balaban J connectivity index is 1.01. The quantitative estimate of drug-likeness (QED) is 0.601. The summed E-state index contributed by atoms with van der Waals surface area (Å²) in [5, 5.41) is 4.28. The molecule has 0 saturated heterocycles. The summed E-state index contributed by atoms with van der Waals surface area (Å²) < 4.78 is 6.02. The number of rotatable bonds is 8. The summed E-state index contributed by atoms with van der Waals surface area (Å²) in [6.45, 7) is 5.37. The first kappa shape index (κ1) is 23.7. The van der Waals surface area contributed by atoms with Crippen LogP contribution in [0.25, 0.3) is 0 Å². The molecule has 0 aromatic carbocycles. The summed E-state index contributed by atoms with van der Waals surface area (Å²) in [6.07, 6.45) is 14.4. The number of hydrogen-bond acceptors (Lipinski definition) is 6. The van der Waals surface area contributed by atoms with Gasteiger partial charge in [-0.3, -0.25) is 4.79 Å². The van der Waals surface area contributed by atoms with Gasteiger partial charge in [-0.2, -0.15) is 0 Å². The molecule has 2 aliphatic carbocycles. The third-order valence-electron chi connectivity index (χ3n) is 7.81. The highest BCUT2D eigenvalue weighted by Gasteiger charge is 2.24. The first-order valence-corrected chi connectivity index (χ1v) is 14.0. The summed E-state index contributed by atoms with van der Waals surface area (Å²) in [4.78, 5) is 25.2. The van der Waals surface area contributed by atoms with Crippen LogP contribution in [-0.4, -0.2) is 52.6 Å². The Morgan fingerprint density at radius 3 is 2.71 bits per heavy atom. The second-order valence-electron chi connectivity index (χ2n) is 10.4. The van der Waals surface area contributed by atoms with Crippen molar-refractivity contribution in [2.24, 2.45) is 5.92 Å². The standard InChI is InChI=1S/C27H38N4O2S/c1-19-28-18-24(34-19)17-26(32)29-22-8-5-20(6-9-22)11-14-31-15-12-21-7-10-27(30-25(21)13-16-31)33-23-3-2-4-23/h7,10,18,20,22-23H,2-6,8-9,11-17H2,1H3,(H,29,32). The van der Waals surface area contributed by atoms with Crippen LogP contribution in [0.4, 0.5) is 0 Å². The van der Waals surface area contributed by atoms with Crippen LogP contribution < -0.4 is 10.1 Å². The Bertz CT molecular complexity index is 965. The van der Waals surface area contributed by atoms with Crippen LogP contribution in [-0.2, 0) is 24.1 Å². The van der Waals surface area contributed by atoms with Crippen molar-refractivity contribution in [2.75, 3.05) is 19.6 Å². The Morgan fingerprint density at radius 1 is 1.15 bits per heavy atom. The van der Waals surface area contributed by atoms with Crippen LogP contribution in [0.5, 0.6) is 5.88 Å². The van der Waals surface area contributed by atoms with Gasteiger partial charge in [-0.05, 0) is 82.7 Å². The average molecular weight is 483 g/mol. The van der Waals surface area contributed by atoms with Gasteiger partial charge in [-0.25, -0.2) is 9.97 Å². The number of thiazole rings is 1. The number of carbonyl (C=O) groups excluding carboxylic acids is 1. The molecule has 1 N–H and O–H groups in total. The fourth-order valence-corrected chi connectivity index (χ4v) is 6.24. The number of fused-ring (bicyclic) bond motifs is 1. The Labute approximate surface area is 207 Å². The highest BCUT2D eigenvalue weighted by atomic mass is 32.1. The van der Waals surface area contributed by atoms with Gasteiger partial charge in [0.15, 0.2) is 0 Å². The number of hydrogen-bond donors (Lipinski definition) is 1. The minimum absolute atomic E-state index is 0.145. The van der Waals surface area contributed by atoms with E-state index in [1.54, 1.807) is 11.3 Å². The molecule has 2 saturated carbocycles. The van der Waals surface area contributed by atoms with E-state index in [0.717, 1.165) is 60.5 Å². The van der Waals surface area contributed by atoms with E-state index in [9.17, 15) is 4.79 Å². The van der Waals surface area contributed by atoms with Crippen molar-refractivity contribution in [3.63, 3.8) is 0 Å². The Morgan fingerprint density at radius 2 is 1.97 bits per heavy atom. The topological polar surface area (TPSA) is 67.4 Å². The van der Waals surface area contributed by atoms with Crippen LogP contribution in [0.3, 0.4) is 0 Å². The molecule has 0 spiro atoms. The zero-order valence-corrected chi connectivity index (χ0v) is 21.2. The minimum atomic E-state index is 0.145. The van der Waals surface area contributed by atoms with E-state index in [0.29, 0.717) is 18.6 Å². The molecule has 2 fully saturated rings. The number of nitrogens with zero attached hydrogens (tertiary/aromatic N) is 3. The summed E-state index contributed by atoms with van der Waals surface area (Å²) in [6, 6.07) is 4.65. The number of carbonyl (C=O) groups is 1. The molecule has 1 aliphatic heterocycles. The number of aryl methyl sites for hydroxylation is 1. The summed E-state index contributed by atoms with van der Waals surface area (Å²) >= 11 is 1.62. The molecular formula is C27H38N4O2S. The zero-order valence-electron chi connectivity index (χ0n) is 20.4. The summed E-state index contributed by atoms with van der Waals surface area (Å²) in [7, 11) is 0. The normalized spacial score (nSPS) is 23.6. The molecule has 34 heavy (non-hydrogen) atoms. The first-order valence-electron chi connectivity index (χ1n) is 13.2. The molecule has 3 aliphatic rings. The molecule has 0 bridgehead atoms. The van der Waals surface area contributed by atoms with Crippen LogP contribution in [0, 0.1) is 12.8 Å². The van der Waals surface area contributed by atoms with E-state index in [-0.39, 0.29) is 5.91 Å². The van der Waals surface area contributed by atoms with Crippen molar-refractivity contribution in [3.8, 4) is 5.88 Å². The number of amides is 1. The number of ether oxygens (including phenoxy) is 1. The van der Waals surface area contributed by atoms with Crippen molar-refractivity contribution < 1.29 is 9.53 Å². The van der Waals surface area contributed by atoms with E-state index in [4.69, 9.17) is 9.72 Å². The van der Waals surface area contributed by atoms with Gasteiger partial charge in [-0.1, -0.05) is 6.07 Å². The molecule has 0 unspecified atom stereocenters. The maximum atomic E-state index is 12.4. The molecule has 6 nitrogen and oxygen atoms in total. The van der Waals surface area contributed by atoms with E-state index in [1.165, 1.54) is 56.3 Å². The van der Waals surface area contributed by atoms with Crippen LogP contribution in [0.15, 0.2) is 18.3 Å². The van der Waals surface area contributed by atoms with Crippen LogP contribution in [0.1, 0.15) is 72.5 Å². The van der Waals surface area contributed by atoms with Gasteiger partial charge in [-0.15, -0.1) is 11.3 Å². The molecule has 1 amide bonds. The van der Waals surface area contributed by atoms with Gasteiger partial charge in [0.05, 0.1) is 11.4 Å². The maximum absolute atomic E-state index is 12.4. The molecule has 0 radical (unpaired) electrons. The predicted molar refractivity (Wildman–Crippen MR) is 135 cm³/mol. The highest BCUT2D eigenvalue weighted by molar-refractivity contribution is 7.11. The van der Waals surface area contributed by atoms with Crippen LogP contribution in [0.2, 0.25) is 0 Å².